The van der Waals surface area contributed by atoms with Crippen LogP contribution in [0.1, 0.15) is 32.5 Å². The molecule has 0 bridgehead atoms. The lowest BCUT2D eigenvalue weighted by atomic mass is 10.2. The molecule has 0 aromatic carbocycles. The van der Waals surface area contributed by atoms with E-state index in [0.717, 1.165) is 5.69 Å². The van der Waals surface area contributed by atoms with Crippen LogP contribution in [0.25, 0.3) is 0 Å². The van der Waals surface area contributed by atoms with Crippen LogP contribution in [0, 0.1) is 17.6 Å². The Hall–Kier alpha value is -1.10. The van der Waals surface area contributed by atoms with Gasteiger partial charge in [-0.25, -0.2) is 0 Å². The number of rotatable bonds is 4. The van der Waals surface area contributed by atoms with Crippen LogP contribution in [0.4, 0.5) is 0 Å². The predicted octanol–water partition coefficient (Wildman–Crippen LogP) is 2.19. The Morgan fingerprint density at radius 1 is 1.56 bits per heavy atom. The van der Waals surface area contributed by atoms with Gasteiger partial charge in [-0.15, -0.1) is 0 Å². The minimum Gasteiger partial charge on any atom is -0.354 e. The van der Waals surface area contributed by atoms with Crippen LogP contribution in [0.15, 0.2) is 6.20 Å². The van der Waals surface area contributed by atoms with Gasteiger partial charge in [0.25, 0.3) is 0 Å². The van der Waals surface area contributed by atoms with E-state index in [1.54, 1.807) is 4.57 Å². The molecule has 90 valence electrons. The molecule has 0 spiro atoms. The molecule has 4 nitrogen and oxygen atoms in total. The normalized spacial score (nSPS) is 12.8. The van der Waals surface area contributed by atoms with Gasteiger partial charge in [0.1, 0.15) is 6.04 Å². The number of aromatic nitrogens is 2. The number of imidazole rings is 1. The summed E-state index contributed by atoms with van der Waals surface area (Å²) in [6, 6.07) is -0.267. The molecule has 1 aromatic heterocycles. The molecule has 2 N–H and O–H groups in total. The molecule has 5 heteroatoms. The standard InChI is InChI=1S/C11H19N3OS/c1-7(2)5-12-10(15)9(4)14-6-8(3)13-11(14)16/h6-7,9H,5H2,1-4H3,(H,12,15)(H,13,16). The van der Waals surface area contributed by atoms with Gasteiger partial charge in [0, 0.05) is 18.4 Å². The number of nitrogens with one attached hydrogen (secondary N) is 2. The molecular weight excluding hydrogens is 222 g/mol. The van der Waals surface area contributed by atoms with Crippen LogP contribution < -0.4 is 5.32 Å². The smallest absolute Gasteiger partial charge is 0.242 e. The summed E-state index contributed by atoms with van der Waals surface area (Å²) in [6.07, 6.45) is 1.86. The van der Waals surface area contributed by atoms with Gasteiger partial charge >= 0.3 is 0 Å². The fourth-order valence-electron chi connectivity index (χ4n) is 1.40. The second-order valence-corrected chi connectivity index (χ2v) is 4.85. The first-order valence-corrected chi connectivity index (χ1v) is 5.88. The molecule has 1 aromatic rings. The first-order valence-electron chi connectivity index (χ1n) is 5.47. The SMILES string of the molecule is Cc1cn(C(C)C(=O)NCC(C)C)c(=S)[nH]1. The number of carbonyl (C=O) groups excluding carboxylic acids is 1. The zero-order valence-electron chi connectivity index (χ0n) is 10.2. The van der Waals surface area contributed by atoms with Crippen molar-refractivity contribution >= 4 is 18.1 Å². The summed E-state index contributed by atoms with van der Waals surface area (Å²) >= 11 is 5.13. The summed E-state index contributed by atoms with van der Waals surface area (Å²) in [7, 11) is 0. The molecule has 0 aliphatic carbocycles. The van der Waals surface area contributed by atoms with Crippen molar-refractivity contribution in [3.05, 3.63) is 16.7 Å². The summed E-state index contributed by atoms with van der Waals surface area (Å²) in [6.45, 7) is 8.60. The van der Waals surface area contributed by atoms with Crippen molar-refractivity contribution in [1.29, 1.82) is 0 Å². The van der Waals surface area contributed by atoms with E-state index in [1.807, 2.05) is 20.0 Å². The summed E-state index contributed by atoms with van der Waals surface area (Å²) in [5.41, 5.74) is 0.966. The van der Waals surface area contributed by atoms with E-state index in [2.05, 4.69) is 24.1 Å². The average molecular weight is 241 g/mol. The quantitative estimate of drug-likeness (QED) is 0.794. The second-order valence-electron chi connectivity index (χ2n) is 4.46. The molecule has 16 heavy (non-hydrogen) atoms. The zero-order chi connectivity index (χ0) is 12.3. The Kier molecular flexibility index (Phi) is 4.29. The van der Waals surface area contributed by atoms with Crippen LogP contribution in [-0.2, 0) is 4.79 Å². The molecule has 0 saturated heterocycles. The monoisotopic (exact) mass is 241 g/mol. The number of hydrogen-bond acceptors (Lipinski definition) is 2. The van der Waals surface area contributed by atoms with E-state index >= 15 is 0 Å². The molecule has 0 radical (unpaired) electrons. The molecule has 1 amide bonds. The lowest BCUT2D eigenvalue weighted by Crippen LogP contribution is -2.33. The van der Waals surface area contributed by atoms with E-state index in [0.29, 0.717) is 17.2 Å². The Balaban J connectivity index is 2.71. The van der Waals surface area contributed by atoms with Gasteiger partial charge in [-0.2, -0.15) is 0 Å². The largest absolute Gasteiger partial charge is 0.354 e. The first-order chi connectivity index (χ1) is 7.41. The first kappa shape index (κ1) is 13.0. The van der Waals surface area contributed by atoms with Gasteiger partial charge < -0.3 is 14.9 Å². The minimum absolute atomic E-state index is 0.00352. The van der Waals surface area contributed by atoms with E-state index in [9.17, 15) is 4.79 Å². The molecular formula is C11H19N3OS. The van der Waals surface area contributed by atoms with E-state index in [4.69, 9.17) is 12.2 Å². The van der Waals surface area contributed by atoms with E-state index in [-0.39, 0.29) is 11.9 Å². The second kappa shape index (κ2) is 5.30. The average Bonchev–Trinajstić information content (AvgIpc) is 2.53. The number of nitrogens with zero attached hydrogens (tertiary/aromatic N) is 1. The van der Waals surface area contributed by atoms with Crippen LogP contribution in [0.3, 0.4) is 0 Å². The number of hydrogen-bond donors (Lipinski definition) is 2. The van der Waals surface area contributed by atoms with Crippen LogP contribution in [-0.4, -0.2) is 22.0 Å². The fraction of sp³-hybridized carbons (Fsp3) is 0.636. The van der Waals surface area contributed by atoms with Crippen molar-refractivity contribution in [1.82, 2.24) is 14.9 Å². The summed E-state index contributed by atoms with van der Waals surface area (Å²) in [5, 5.41) is 2.90. The zero-order valence-corrected chi connectivity index (χ0v) is 11.0. The van der Waals surface area contributed by atoms with Crippen molar-refractivity contribution in [2.45, 2.75) is 33.7 Å². The molecule has 1 heterocycles. The highest BCUT2D eigenvalue weighted by molar-refractivity contribution is 7.71. The third-order valence-electron chi connectivity index (χ3n) is 2.35. The van der Waals surface area contributed by atoms with Crippen molar-refractivity contribution in [2.75, 3.05) is 6.54 Å². The maximum Gasteiger partial charge on any atom is 0.242 e. The minimum atomic E-state index is -0.267. The fourth-order valence-corrected chi connectivity index (χ4v) is 1.77. The maximum absolute atomic E-state index is 11.8. The molecule has 1 atom stereocenters. The number of H-pyrrole nitrogens is 1. The molecule has 1 rings (SSSR count). The lowest BCUT2D eigenvalue weighted by Gasteiger charge is -2.14. The third-order valence-corrected chi connectivity index (χ3v) is 2.67. The predicted molar refractivity (Wildman–Crippen MR) is 66.9 cm³/mol. The highest BCUT2D eigenvalue weighted by Crippen LogP contribution is 2.08. The van der Waals surface area contributed by atoms with Crippen molar-refractivity contribution < 1.29 is 4.79 Å². The molecule has 0 aliphatic rings. The molecule has 0 aliphatic heterocycles. The summed E-state index contributed by atoms with van der Waals surface area (Å²) < 4.78 is 2.37. The van der Waals surface area contributed by atoms with Crippen molar-refractivity contribution in [3.8, 4) is 0 Å². The van der Waals surface area contributed by atoms with Gasteiger partial charge in [-0.1, -0.05) is 13.8 Å². The maximum atomic E-state index is 11.8. The Bertz CT molecular complexity index is 419. The Morgan fingerprint density at radius 2 is 2.19 bits per heavy atom. The van der Waals surface area contributed by atoms with Gasteiger partial charge in [0.2, 0.25) is 5.91 Å². The van der Waals surface area contributed by atoms with Crippen LogP contribution >= 0.6 is 12.2 Å². The van der Waals surface area contributed by atoms with Crippen molar-refractivity contribution in [3.63, 3.8) is 0 Å². The highest BCUT2D eigenvalue weighted by atomic mass is 32.1. The molecule has 0 fully saturated rings. The number of carbonyl (C=O) groups is 1. The number of amides is 1. The summed E-state index contributed by atoms with van der Waals surface area (Å²) in [5.74, 6) is 0.459. The lowest BCUT2D eigenvalue weighted by molar-refractivity contribution is -0.124. The highest BCUT2D eigenvalue weighted by Gasteiger charge is 2.15. The van der Waals surface area contributed by atoms with Crippen LogP contribution in [0.5, 0.6) is 0 Å². The van der Waals surface area contributed by atoms with Gasteiger partial charge in [0.05, 0.1) is 0 Å². The number of aryl methyl sites for hydroxylation is 1. The topological polar surface area (TPSA) is 49.8 Å². The van der Waals surface area contributed by atoms with Crippen molar-refractivity contribution in [2.24, 2.45) is 5.92 Å². The van der Waals surface area contributed by atoms with Crippen LogP contribution in [0.2, 0.25) is 0 Å². The summed E-state index contributed by atoms with van der Waals surface area (Å²) in [4.78, 5) is 14.8. The number of aromatic amines is 1. The van der Waals surface area contributed by atoms with E-state index < -0.39 is 0 Å². The Labute approximate surface area is 101 Å². The van der Waals surface area contributed by atoms with Gasteiger partial charge in [0.15, 0.2) is 4.77 Å². The molecule has 1 unspecified atom stereocenters. The Morgan fingerprint density at radius 3 is 2.62 bits per heavy atom. The molecule has 0 saturated carbocycles. The van der Waals surface area contributed by atoms with Gasteiger partial charge in [-0.3, -0.25) is 4.79 Å². The van der Waals surface area contributed by atoms with E-state index in [1.165, 1.54) is 0 Å². The third kappa shape index (κ3) is 3.20. The van der Waals surface area contributed by atoms with Gasteiger partial charge in [-0.05, 0) is 32.0 Å².